The number of halogens is 1. The number of alkyl halides is 1. The van der Waals surface area contributed by atoms with Gasteiger partial charge in [0, 0.05) is 12.1 Å². The average molecular weight is 245 g/mol. The first-order chi connectivity index (χ1) is 7.10. The van der Waals surface area contributed by atoms with Crippen LogP contribution in [0.5, 0.6) is 0 Å². The van der Waals surface area contributed by atoms with Crippen molar-refractivity contribution < 1.29 is 8.42 Å². The highest BCUT2D eigenvalue weighted by Crippen LogP contribution is 2.09. The number of pyridine rings is 1. The Bertz CT molecular complexity index is 462. The summed E-state index contributed by atoms with van der Waals surface area (Å²) in [6, 6.07) is 4.64. The van der Waals surface area contributed by atoms with E-state index >= 15 is 0 Å². The molecule has 1 aromatic rings. The van der Waals surface area contributed by atoms with Crippen molar-refractivity contribution in [3.63, 3.8) is 0 Å². The normalized spacial score (nSPS) is 10.9. The van der Waals surface area contributed by atoms with Crippen LogP contribution >= 0.6 is 11.6 Å². The molecule has 0 saturated heterocycles. The van der Waals surface area contributed by atoms with Crippen LogP contribution in [0.25, 0.3) is 0 Å². The van der Waals surface area contributed by atoms with Gasteiger partial charge < -0.3 is 0 Å². The number of hydrogen-bond acceptors (Lipinski definition) is 4. The van der Waals surface area contributed by atoms with E-state index in [1.54, 1.807) is 0 Å². The monoisotopic (exact) mass is 244 g/mol. The molecular weight excluding hydrogens is 236 g/mol. The lowest BCUT2D eigenvalue weighted by Crippen LogP contribution is -2.09. The molecule has 0 N–H and O–H groups in total. The Balaban J connectivity index is 2.92. The van der Waals surface area contributed by atoms with E-state index in [0.717, 1.165) is 0 Å². The van der Waals surface area contributed by atoms with E-state index in [2.05, 4.69) is 4.98 Å². The minimum Gasteiger partial charge on any atom is -0.243 e. The summed E-state index contributed by atoms with van der Waals surface area (Å²) in [5.41, 5.74) is 0.339. The van der Waals surface area contributed by atoms with Crippen molar-refractivity contribution in [2.24, 2.45) is 0 Å². The Labute approximate surface area is 93.4 Å². The van der Waals surface area contributed by atoms with Crippen LogP contribution in [0.15, 0.2) is 23.4 Å². The lowest BCUT2D eigenvalue weighted by Gasteiger charge is -2.01. The molecule has 0 fully saturated rings. The predicted octanol–water partition coefficient (Wildman–Crippen LogP) is 1.36. The standard InChI is InChI=1S/C9H9ClN2O2S/c10-4-1-5-15(13,14)9-3-2-8(6-11)7-12-9/h2-3,7H,1,4-5H2. The van der Waals surface area contributed by atoms with E-state index in [4.69, 9.17) is 16.9 Å². The summed E-state index contributed by atoms with van der Waals surface area (Å²) in [6.07, 6.45) is 1.64. The fourth-order valence-corrected chi connectivity index (χ4v) is 2.49. The first-order valence-electron chi connectivity index (χ1n) is 4.25. The Morgan fingerprint density at radius 3 is 2.67 bits per heavy atom. The van der Waals surface area contributed by atoms with Crippen molar-refractivity contribution >= 4 is 21.4 Å². The van der Waals surface area contributed by atoms with Gasteiger partial charge in [-0.05, 0) is 18.6 Å². The summed E-state index contributed by atoms with van der Waals surface area (Å²) >= 11 is 5.41. The zero-order valence-electron chi connectivity index (χ0n) is 7.85. The highest BCUT2D eigenvalue weighted by atomic mass is 35.5. The number of aromatic nitrogens is 1. The molecule has 80 valence electrons. The van der Waals surface area contributed by atoms with Gasteiger partial charge in [0.25, 0.3) is 0 Å². The number of nitriles is 1. The quantitative estimate of drug-likeness (QED) is 0.750. The third kappa shape index (κ3) is 3.18. The Morgan fingerprint density at radius 2 is 2.20 bits per heavy atom. The van der Waals surface area contributed by atoms with Gasteiger partial charge in [0.1, 0.15) is 6.07 Å². The van der Waals surface area contributed by atoms with Crippen LogP contribution in [0.2, 0.25) is 0 Å². The minimum absolute atomic E-state index is 0.00776. The van der Waals surface area contributed by atoms with Gasteiger partial charge in [-0.2, -0.15) is 5.26 Å². The van der Waals surface area contributed by atoms with Crippen LogP contribution in [0, 0.1) is 11.3 Å². The fourth-order valence-electron chi connectivity index (χ4n) is 0.980. The molecule has 0 aliphatic rings. The summed E-state index contributed by atoms with van der Waals surface area (Å²) in [4.78, 5) is 3.72. The first kappa shape index (κ1) is 12.0. The molecule has 4 nitrogen and oxygen atoms in total. The molecule has 1 aromatic heterocycles. The summed E-state index contributed by atoms with van der Waals surface area (Å²) in [6.45, 7) is 0. The van der Waals surface area contributed by atoms with Crippen LogP contribution in [0.1, 0.15) is 12.0 Å². The Morgan fingerprint density at radius 1 is 1.47 bits per heavy atom. The maximum Gasteiger partial charge on any atom is 0.195 e. The zero-order chi connectivity index (χ0) is 11.3. The fraction of sp³-hybridized carbons (Fsp3) is 0.333. The van der Waals surface area contributed by atoms with Gasteiger partial charge in [-0.3, -0.25) is 0 Å². The molecule has 0 aliphatic carbocycles. The van der Waals surface area contributed by atoms with E-state index in [9.17, 15) is 8.42 Å². The van der Waals surface area contributed by atoms with Crippen molar-refractivity contribution in [3.8, 4) is 6.07 Å². The maximum atomic E-state index is 11.6. The van der Waals surface area contributed by atoms with Crippen LogP contribution in [0.3, 0.4) is 0 Å². The van der Waals surface area contributed by atoms with Gasteiger partial charge in [-0.25, -0.2) is 13.4 Å². The number of rotatable bonds is 4. The van der Waals surface area contributed by atoms with Gasteiger partial charge in [0.05, 0.1) is 11.3 Å². The van der Waals surface area contributed by atoms with Crippen molar-refractivity contribution in [1.82, 2.24) is 4.98 Å². The van der Waals surface area contributed by atoms with Crippen LogP contribution in [0.4, 0.5) is 0 Å². The van der Waals surface area contributed by atoms with Crippen molar-refractivity contribution in [3.05, 3.63) is 23.9 Å². The van der Waals surface area contributed by atoms with Gasteiger partial charge >= 0.3 is 0 Å². The zero-order valence-corrected chi connectivity index (χ0v) is 9.42. The molecule has 0 atom stereocenters. The van der Waals surface area contributed by atoms with Gasteiger partial charge in [0.15, 0.2) is 14.9 Å². The molecule has 0 aliphatic heterocycles. The molecular formula is C9H9ClN2O2S. The number of nitrogens with zero attached hydrogens (tertiary/aromatic N) is 2. The van der Waals surface area contributed by atoms with Gasteiger partial charge in [-0.15, -0.1) is 11.6 Å². The largest absolute Gasteiger partial charge is 0.243 e. The molecule has 0 amide bonds. The smallest absolute Gasteiger partial charge is 0.195 e. The Hall–Kier alpha value is -1.12. The van der Waals surface area contributed by atoms with E-state index in [-0.39, 0.29) is 10.8 Å². The minimum atomic E-state index is -3.35. The summed E-state index contributed by atoms with van der Waals surface area (Å²) in [7, 11) is -3.35. The van der Waals surface area contributed by atoms with E-state index < -0.39 is 9.84 Å². The van der Waals surface area contributed by atoms with E-state index in [1.165, 1.54) is 18.3 Å². The molecule has 6 heteroatoms. The second-order valence-electron chi connectivity index (χ2n) is 2.86. The molecule has 0 radical (unpaired) electrons. The van der Waals surface area contributed by atoms with Gasteiger partial charge in [0.2, 0.25) is 0 Å². The van der Waals surface area contributed by atoms with E-state index in [0.29, 0.717) is 17.9 Å². The van der Waals surface area contributed by atoms with Crippen LogP contribution in [-0.2, 0) is 9.84 Å². The van der Waals surface area contributed by atoms with Crippen molar-refractivity contribution in [2.45, 2.75) is 11.4 Å². The highest BCUT2D eigenvalue weighted by Gasteiger charge is 2.14. The summed E-state index contributed by atoms with van der Waals surface area (Å²) in [5, 5.41) is 8.51. The molecule has 0 saturated carbocycles. The summed E-state index contributed by atoms with van der Waals surface area (Å²) < 4.78 is 23.2. The van der Waals surface area contributed by atoms with Crippen molar-refractivity contribution in [2.75, 3.05) is 11.6 Å². The van der Waals surface area contributed by atoms with E-state index in [1.807, 2.05) is 6.07 Å². The molecule has 1 heterocycles. The lowest BCUT2D eigenvalue weighted by molar-refractivity contribution is 0.591. The molecule has 15 heavy (non-hydrogen) atoms. The number of hydrogen-bond donors (Lipinski definition) is 0. The lowest BCUT2D eigenvalue weighted by atomic mass is 10.3. The van der Waals surface area contributed by atoms with Crippen LogP contribution in [-0.4, -0.2) is 25.0 Å². The highest BCUT2D eigenvalue weighted by molar-refractivity contribution is 7.91. The molecule has 0 bridgehead atoms. The Kier molecular flexibility index (Phi) is 4.06. The second-order valence-corrected chi connectivity index (χ2v) is 5.29. The second kappa shape index (κ2) is 5.10. The third-order valence-corrected chi connectivity index (χ3v) is 3.70. The third-order valence-electron chi connectivity index (χ3n) is 1.73. The first-order valence-corrected chi connectivity index (χ1v) is 6.43. The molecule has 1 rings (SSSR count). The average Bonchev–Trinajstić information content (AvgIpc) is 2.26. The van der Waals surface area contributed by atoms with Crippen molar-refractivity contribution in [1.29, 1.82) is 5.26 Å². The topological polar surface area (TPSA) is 70.8 Å². The number of sulfone groups is 1. The molecule has 0 aromatic carbocycles. The molecule has 0 spiro atoms. The van der Waals surface area contributed by atoms with Gasteiger partial charge in [-0.1, -0.05) is 0 Å². The van der Waals surface area contributed by atoms with Crippen LogP contribution < -0.4 is 0 Å². The molecule has 0 unspecified atom stereocenters. The SMILES string of the molecule is N#Cc1ccc(S(=O)(=O)CCCCl)nc1. The predicted molar refractivity (Wildman–Crippen MR) is 56.3 cm³/mol. The maximum absolute atomic E-state index is 11.6. The summed E-state index contributed by atoms with van der Waals surface area (Å²) in [5.74, 6) is 0.283.